The number of H-pyrrole nitrogens is 1. The number of aromatic amines is 1. The lowest BCUT2D eigenvalue weighted by molar-refractivity contribution is -0.144. The molecule has 0 aromatic carbocycles. The van der Waals surface area contributed by atoms with Crippen LogP contribution in [0.2, 0.25) is 0 Å². The molecule has 2 rings (SSSR count). The highest BCUT2D eigenvalue weighted by molar-refractivity contribution is 5.76. The first-order valence-electron chi connectivity index (χ1n) is 6.28. The van der Waals surface area contributed by atoms with Crippen molar-refractivity contribution in [3.63, 3.8) is 0 Å². The third-order valence-electron chi connectivity index (χ3n) is 2.97. The zero-order valence-electron chi connectivity index (χ0n) is 10.7. The van der Waals surface area contributed by atoms with Gasteiger partial charge in [-0.2, -0.15) is 13.2 Å². The molecule has 2 N–H and O–H groups in total. The topological polar surface area (TPSA) is 79.9 Å². The van der Waals surface area contributed by atoms with Gasteiger partial charge < -0.3 is 10.1 Å². The Labute approximate surface area is 113 Å². The molecular formula is C11H15F3N4O2. The Morgan fingerprint density at radius 3 is 2.90 bits per heavy atom. The summed E-state index contributed by atoms with van der Waals surface area (Å²) < 4.78 is 42.0. The van der Waals surface area contributed by atoms with E-state index in [1.807, 2.05) is 0 Å². The Balaban J connectivity index is 1.76. The van der Waals surface area contributed by atoms with Crippen molar-refractivity contribution in [2.24, 2.45) is 5.92 Å². The lowest BCUT2D eigenvalue weighted by Gasteiger charge is -2.21. The predicted molar refractivity (Wildman–Crippen MR) is 61.4 cm³/mol. The van der Waals surface area contributed by atoms with Gasteiger partial charge in [-0.05, 0) is 18.8 Å². The van der Waals surface area contributed by atoms with Crippen molar-refractivity contribution >= 4 is 5.91 Å². The molecule has 0 unspecified atom stereocenters. The van der Waals surface area contributed by atoms with Gasteiger partial charge in [0.05, 0.1) is 6.54 Å². The molecule has 1 atom stereocenters. The van der Waals surface area contributed by atoms with Gasteiger partial charge in [-0.25, -0.2) is 4.98 Å². The summed E-state index contributed by atoms with van der Waals surface area (Å²) in [6.45, 7) is 1.17. The van der Waals surface area contributed by atoms with Gasteiger partial charge in [-0.1, -0.05) is 0 Å². The Bertz CT molecular complexity index is 455. The summed E-state index contributed by atoms with van der Waals surface area (Å²) in [6.07, 6.45) is -2.43. The molecule has 1 aromatic heterocycles. The maximum absolute atomic E-state index is 12.3. The molecule has 0 radical (unpaired) electrons. The summed E-state index contributed by atoms with van der Waals surface area (Å²) in [4.78, 5) is 14.9. The van der Waals surface area contributed by atoms with Crippen molar-refractivity contribution in [3.8, 4) is 0 Å². The van der Waals surface area contributed by atoms with Crippen LogP contribution in [-0.2, 0) is 22.3 Å². The monoisotopic (exact) mass is 292 g/mol. The van der Waals surface area contributed by atoms with Gasteiger partial charge in [0.25, 0.3) is 5.82 Å². The fourth-order valence-corrected chi connectivity index (χ4v) is 1.99. The number of hydrogen-bond donors (Lipinski definition) is 2. The van der Waals surface area contributed by atoms with E-state index in [2.05, 4.69) is 20.5 Å². The van der Waals surface area contributed by atoms with E-state index in [-0.39, 0.29) is 24.2 Å². The van der Waals surface area contributed by atoms with E-state index in [9.17, 15) is 18.0 Å². The molecule has 2 heterocycles. The Kier molecular flexibility index (Phi) is 4.58. The van der Waals surface area contributed by atoms with Crippen molar-refractivity contribution < 1.29 is 22.7 Å². The van der Waals surface area contributed by atoms with Crippen LogP contribution in [0, 0.1) is 5.92 Å². The summed E-state index contributed by atoms with van der Waals surface area (Å²) in [5.41, 5.74) is 0. The molecule has 112 valence electrons. The minimum atomic E-state index is -4.59. The Morgan fingerprint density at radius 2 is 2.30 bits per heavy atom. The van der Waals surface area contributed by atoms with Crippen LogP contribution in [0.15, 0.2) is 0 Å². The van der Waals surface area contributed by atoms with Gasteiger partial charge in [0.1, 0.15) is 5.82 Å². The molecule has 0 bridgehead atoms. The minimum Gasteiger partial charge on any atom is -0.381 e. The van der Waals surface area contributed by atoms with E-state index in [1.165, 1.54) is 0 Å². The Morgan fingerprint density at radius 1 is 1.50 bits per heavy atom. The molecule has 1 saturated heterocycles. The summed E-state index contributed by atoms with van der Waals surface area (Å²) >= 11 is 0. The summed E-state index contributed by atoms with van der Waals surface area (Å²) in [5, 5.41) is 7.71. The van der Waals surface area contributed by atoms with Crippen LogP contribution in [0.25, 0.3) is 0 Å². The molecule has 0 spiro atoms. The summed E-state index contributed by atoms with van der Waals surface area (Å²) in [5.74, 6) is -1.32. The fourth-order valence-electron chi connectivity index (χ4n) is 1.99. The third kappa shape index (κ3) is 4.19. The normalized spacial score (nSPS) is 19.9. The van der Waals surface area contributed by atoms with E-state index < -0.39 is 12.0 Å². The van der Waals surface area contributed by atoms with E-state index in [0.29, 0.717) is 13.0 Å². The second kappa shape index (κ2) is 6.21. The van der Waals surface area contributed by atoms with Crippen LogP contribution in [-0.4, -0.2) is 34.3 Å². The van der Waals surface area contributed by atoms with Gasteiger partial charge in [-0.15, -0.1) is 5.10 Å². The van der Waals surface area contributed by atoms with Crippen LogP contribution in [0.5, 0.6) is 0 Å². The van der Waals surface area contributed by atoms with E-state index in [4.69, 9.17) is 4.74 Å². The van der Waals surface area contributed by atoms with Gasteiger partial charge in [0.2, 0.25) is 5.91 Å². The summed E-state index contributed by atoms with van der Waals surface area (Å²) in [7, 11) is 0. The van der Waals surface area contributed by atoms with Gasteiger partial charge >= 0.3 is 6.18 Å². The van der Waals surface area contributed by atoms with Gasteiger partial charge in [-0.3, -0.25) is 9.89 Å². The number of rotatable bonds is 4. The second-order valence-electron chi connectivity index (χ2n) is 4.67. The predicted octanol–water partition coefficient (Wildman–Crippen LogP) is 1.26. The maximum atomic E-state index is 12.3. The van der Waals surface area contributed by atoms with Crippen molar-refractivity contribution in [2.45, 2.75) is 32.0 Å². The number of nitrogens with zero attached hydrogens (tertiary/aromatic N) is 2. The molecule has 0 aliphatic carbocycles. The fraction of sp³-hybridized carbons (Fsp3) is 0.727. The zero-order valence-corrected chi connectivity index (χ0v) is 10.7. The number of halogens is 3. The number of nitrogens with one attached hydrogen (secondary N) is 2. The smallest absolute Gasteiger partial charge is 0.381 e. The SMILES string of the molecule is O=C(C[C@H]1CCCOC1)NCc1nc(C(F)(F)F)n[nH]1. The van der Waals surface area contributed by atoms with E-state index >= 15 is 0 Å². The second-order valence-corrected chi connectivity index (χ2v) is 4.67. The molecule has 6 nitrogen and oxygen atoms in total. The van der Waals surface area contributed by atoms with Crippen molar-refractivity contribution in [3.05, 3.63) is 11.6 Å². The van der Waals surface area contributed by atoms with Crippen molar-refractivity contribution in [1.29, 1.82) is 0 Å². The first-order valence-corrected chi connectivity index (χ1v) is 6.28. The van der Waals surface area contributed by atoms with E-state index in [1.54, 1.807) is 0 Å². The van der Waals surface area contributed by atoms with E-state index in [0.717, 1.165) is 19.4 Å². The highest BCUT2D eigenvalue weighted by Crippen LogP contribution is 2.25. The van der Waals surface area contributed by atoms with Crippen molar-refractivity contribution in [2.75, 3.05) is 13.2 Å². The number of ether oxygens (including phenoxy) is 1. The highest BCUT2D eigenvalue weighted by atomic mass is 19.4. The minimum absolute atomic E-state index is 0.0226. The number of amides is 1. The zero-order chi connectivity index (χ0) is 14.6. The van der Waals surface area contributed by atoms with Crippen LogP contribution in [0.3, 0.4) is 0 Å². The highest BCUT2D eigenvalue weighted by Gasteiger charge is 2.36. The molecule has 9 heteroatoms. The van der Waals surface area contributed by atoms with Crippen LogP contribution in [0.1, 0.15) is 30.9 Å². The molecule has 1 amide bonds. The molecular weight excluding hydrogens is 277 g/mol. The average Bonchev–Trinajstić information content (AvgIpc) is 2.86. The van der Waals surface area contributed by atoms with Gasteiger partial charge in [0, 0.05) is 19.6 Å². The first-order chi connectivity index (χ1) is 9.45. The van der Waals surface area contributed by atoms with Crippen molar-refractivity contribution in [1.82, 2.24) is 20.5 Å². The lowest BCUT2D eigenvalue weighted by atomic mass is 9.98. The lowest BCUT2D eigenvalue weighted by Crippen LogP contribution is -2.28. The third-order valence-corrected chi connectivity index (χ3v) is 2.97. The first kappa shape index (κ1) is 14.8. The number of hydrogen-bond acceptors (Lipinski definition) is 4. The largest absolute Gasteiger partial charge is 0.453 e. The molecule has 1 aromatic rings. The number of carbonyl (C=O) groups is 1. The Hall–Kier alpha value is -1.64. The van der Waals surface area contributed by atoms with Gasteiger partial charge in [0.15, 0.2) is 0 Å². The molecule has 1 fully saturated rings. The average molecular weight is 292 g/mol. The van der Waals surface area contributed by atoms with Crippen LogP contribution >= 0.6 is 0 Å². The summed E-state index contributed by atoms with van der Waals surface area (Å²) in [6, 6.07) is 0. The van der Waals surface area contributed by atoms with Crippen LogP contribution < -0.4 is 5.32 Å². The molecule has 20 heavy (non-hydrogen) atoms. The molecule has 1 aliphatic heterocycles. The standard InChI is InChI=1S/C11H15F3N4O2/c12-11(13,14)10-16-8(17-18-10)5-15-9(19)4-7-2-1-3-20-6-7/h7H,1-6H2,(H,15,19)(H,16,17,18)/t7-/m1/s1. The molecule has 0 saturated carbocycles. The van der Waals surface area contributed by atoms with Crippen LogP contribution in [0.4, 0.5) is 13.2 Å². The maximum Gasteiger partial charge on any atom is 0.453 e. The quantitative estimate of drug-likeness (QED) is 0.875. The number of alkyl halides is 3. The number of carbonyl (C=O) groups excluding carboxylic acids is 1. The number of aromatic nitrogens is 3. The molecule has 1 aliphatic rings.